The van der Waals surface area contributed by atoms with E-state index in [1.165, 1.54) is 33.2 Å². The van der Waals surface area contributed by atoms with E-state index in [4.69, 9.17) is 9.47 Å². The number of ether oxygens (including phenoxy) is 2. The Labute approximate surface area is 160 Å². The molecule has 0 atom stereocenters. The van der Waals surface area contributed by atoms with Gasteiger partial charge < -0.3 is 14.8 Å². The van der Waals surface area contributed by atoms with Crippen molar-refractivity contribution in [1.82, 2.24) is 9.62 Å². The van der Waals surface area contributed by atoms with Crippen molar-refractivity contribution < 1.29 is 27.5 Å². The molecule has 0 fully saturated rings. The first kappa shape index (κ1) is 22.9. The van der Waals surface area contributed by atoms with Gasteiger partial charge in [0.1, 0.15) is 19.0 Å². The van der Waals surface area contributed by atoms with Crippen molar-refractivity contribution in [3.8, 4) is 5.75 Å². The van der Waals surface area contributed by atoms with E-state index in [1.54, 1.807) is 12.1 Å². The van der Waals surface area contributed by atoms with Crippen molar-refractivity contribution in [2.75, 3.05) is 33.9 Å². The number of unbranched alkanes of at least 4 members (excludes halogenated alkanes) is 2. The molecule has 0 saturated carbocycles. The molecular weight excluding hydrogens is 372 g/mol. The summed E-state index contributed by atoms with van der Waals surface area (Å²) in [4.78, 5) is 22.5. The molecule has 1 aromatic rings. The van der Waals surface area contributed by atoms with Crippen molar-refractivity contribution in [2.45, 2.75) is 37.5 Å². The van der Waals surface area contributed by atoms with Gasteiger partial charge >= 0.3 is 5.97 Å². The van der Waals surface area contributed by atoms with Gasteiger partial charge in [-0.05, 0) is 37.1 Å². The third-order valence-corrected chi connectivity index (χ3v) is 5.48. The first-order chi connectivity index (χ1) is 12.7. The minimum absolute atomic E-state index is 0.0524. The van der Waals surface area contributed by atoms with E-state index in [0.717, 1.165) is 17.1 Å². The molecule has 1 rings (SSSR count). The minimum Gasteiger partial charge on any atom is -0.490 e. The van der Waals surface area contributed by atoms with Crippen molar-refractivity contribution in [3.05, 3.63) is 24.3 Å². The maximum absolute atomic E-state index is 12.0. The summed E-state index contributed by atoms with van der Waals surface area (Å²) in [6, 6.07) is 6.07. The molecule has 1 N–H and O–H groups in total. The van der Waals surface area contributed by atoms with Gasteiger partial charge in [-0.1, -0.05) is 6.42 Å². The zero-order chi connectivity index (χ0) is 20.3. The molecule has 0 aliphatic rings. The van der Waals surface area contributed by atoms with Crippen LogP contribution in [0.5, 0.6) is 5.75 Å². The van der Waals surface area contributed by atoms with Gasteiger partial charge in [0.25, 0.3) is 0 Å². The third-order valence-electron chi connectivity index (χ3n) is 3.65. The molecule has 0 radical (unpaired) electrons. The SMILES string of the molecule is CC(=O)NCCCCCC(=O)OCCOc1ccc(S(=O)(=O)N(C)C)cc1. The summed E-state index contributed by atoms with van der Waals surface area (Å²) >= 11 is 0. The van der Waals surface area contributed by atoms with Gasteiger partial charge in [0.2, 0.25) is 15.9 Å². The van der Waals surface area contributed by atoms with Crippen LogP contribution in [0.2, 0.25) is 0 Å². The number of sulfonamides is 1. The topological polar surface area (TPSA) is 102 Å². The predicted octanol–water partition coefficient (Wildman–Crippen LogP) is 1.56. The number of carbonyl (C=O) groups is 2. The second-order valence-electron chi connectivity index (χ2n) is 6.12. The fraction of sp³-hybridized carbons (Fsp3) is 0.556. The average molecular weight is 400 g/mol. The zero-order valence-corrected chi connectivity index (χ0v) is 16.9. The number of amides is 1. The first-order valence-corrected chi connectivity index (χ1v) is 10.2. The summed E-state index contributed by atoms with van der Waals surface area (Å²) in [6.45, 7) is 2.41. The number of carbonyl (C=O) groups excluding carboxylic acids is 2. The highest BCUT2D eigenvalue weighted by molar-refractivity contribution is 7.89. The van der Waals surface area contributed by atoms with Crippen LogP contribution in [0.25, 0.3) is 0 Å². The van der Waals surface area contributed by atoms with E-state index in [9.17, 15) is 18.0 Å². The van der Waals surface area contributed by atoms with E-state index in [-0.39, 0.29) is 30.0 Å². The molecule has 0 spiro atoms. The molecule has 0 unspecified atom stereocenters. The fourth-order valence-corrected chi connectivity index (χ4v) is 3.04. The van der Waals surface area contributed by atoms with Crippen LogP contribution in [-0.4, -0.2) is 58.5 Å². The Bertz CT molecular complexity index is 701. The number of hydrogen-bond acceptors (Lipinski definition) is 6. The lowest BCUT2D eigenvalue weighted by Crippen LogP contribution is -2.22. The lowest BCUT2D eigenvalue weighted by Gasteiger charge is -2.12. The molecular formula is C18H28N2O6S. The second-order valence-corrected chi connectivity index (χ2v) is 8.27. The average Bonchev–Trinajstić information content (AvgIpc) is 2.61. The van der Waals surface area contributed by atoms with Crippen LogP contribution >= 0.6 is 0 Å². The van der Waals surface area contributed by atoms with Crippen LogP contribution in [-0.2, 0) is 24.3 Å². The summed E-state index contributed by atoms with van der Waals surface area (Å²) in [5.41, 5.74) is 0. The lowest BCUT2D eigenvalue weighted by molar-refractivity contribution is -0.144. The van der Waals surface area contributed by atoms with E-state index in [1.807, 2.05) is 0 Å². The number of nitrogens with one attached hydrogen (secondary N) is 1. The maximum atomic E-state index is 12.0. The molecule has 0 aromatic heterocycles. The summed E-state index contributed by atoms with van der Waals surface area (Å²) in [5.74, 6) is 0.163. The van der Waals surface area contributed by atoms with Crippen LogP contribution in [0.3, 0.4) is 0 Å². The highest BCUT2D eigenvalue weighted by atomic mass is 32.2. The molecule has 1 amide bonds. The van der Waals surface area contributed by atoms with Gasteiger partial charge in [-0.2, -0.15) is 0 Å². The second kappa shape index (κ2) is 11.6. The highest BCUT2D eigenvalue weighted by Crippen LogP contribution is 2.18. The molecule has 0 heterocycles. The molecule has 0 bridgehead atoms. The van der Waals surface area contributed by atoms with Crippen LogP contribution < -0.4 is 10.1 Å². The van der Waals surface area contributed by atoms with Crippen molar-refractivity contribution in [2.24, 2.45) is 0 Å². The van der Waals surface area contributed by atoms with Crippen molar-refractivity contribution in [1.29, 1.82) is 0 Å². The Morgan fingerprint density at radius 1 is 1.04 bits per heavy atom. The van der Waals surface area contributed by atoms with Crippen LogP contribution in [0.4, 0.5) is 0 Å². The fourth-order valence-electron chi connectivity index (χ4n) is 2.14. The minimum atomic E-state index is -3.46. The smallest absolute Gasteiger partial charge is 0.305 e. The van der Waals surface area contributed by atoms with Crippen LogP contribution in [0, 0.1) is 0 Å². The largest absolute Gasteiger partial charge is 0.490 e. The van der Waals surface area contributed by atoms with Crippen LogP contribution in [0.1, 0.15) is 32.6 Å². The van der Waals surface area contributed by atoms with E-state index >= 15 is 0 Å². The Hall–Kier alpha value is -2.13. The monoisotopic (exact) mass is 400 g/mol. The third kappa shape index (κ3) is 8.87. The van der Waals surface area contributed by atoms with Gasteiger partial charge in [0.05, 0.1) is 4.90 Å². The van der Waals surface area contributed by atoms with Crippen molar-refractivity contribution in [3.63, 3.8) is 0 Å². The lowest BCUT2D eigenvalue weighted by atomic mass is 10.2. The number of rotatable bonds is 12. The normalized spacial score (nSPS) is 11.3. The summed E-state index contributed by atoms with van der Waals surface area (Å²) in [5, 5.41) is 2.70. The molecule has 152 valence electrons. The Morgan fingerprint density at radius 2 is 1.70 bits per heavy atom. The van der Waals surface area contributed by atoms with Gasteiger partial charge in [-0.3, -0.25) is 9.59 Å². The Kier molecular flexibility index (Phi) is 9.81. The van der Waals surface area contributed by atoms with E-state index in [0.29, 0.717) is 25.1 Å². The Balaban J connectivity index is 2.19. The van der Waals surface area contributed by atoms with Gasteiger partial charge in [0, 0.05) is 34.0 Å². The molecule has 1 aromatic carbocycles. The standard InChI is InChI=1S/C18H28N2O6S/c1-15(21)19-12-6-4-5-7-18(22)26-14-13-25-16-8-10-17(11-9-16)27(23,24)20(2)3/h8-11H,4-7,12-14H2,1-3H3,(H,19,21). The summed E-state index contributed by atoms with van der Waals surface area (Å²) < 4.78 is 35.6. The molecule has 27 heavy (non-hydrogen) atoms. The first-order valence-electron chi connectivity index (χ1n) is 8.79. The number of esters is 1. The molecule has 0 saturated heterocycles. The van der Waals surface area contributed by atoms with Gasteiger partial charge in [0.15, 0.2) is 0 Å². The number of nitrogens with zero attached hydrogens (tertiary/aromatic N) is 1. The zero-order valence-electron chi connectivity index (χ0n) is 16.1. The number of benzene rings is 1. The van der Waals surface area contributed by atoms with Gasteiger partial charge in [-0.15, -0.1) is 0 Å². The molecule has 0 aliphatic heterocycles. The van der Waals surface area contributed by atoms with Crippen LogP contribution in [0.15, 0.2) is 29.2 Å². The predicted molar refractivity (Wildman–Crippen MR) is 101 cm³/mol. The summed E-state index contributed by atoms with van der Waals surface area (Å²) in [6.07, 6.45) is 2.71. The van der Waals surface area contributed by atoms with E-state index in [2.05, 4.69) is 5.32 Å². The highest BCUT2D eigenvalue weighted by Gasteiger charge is 2.16. The molecule has 8 nitrogen and oxygen atoms in total. The number of hydrogen-bond donors (Lipinski definition) is 1. The Morgan fingerprint density at radius 3 is 2.30 bits per heavy atom. The quantitative estimate of drug-likeness (QED) is 0.422. The summed E-state index contributed by atoms with van der Waals surface area (Å²) in [7, 11) is -0.523. The van der Waals surface area contributed by atoms with Gasteiger partial charge in [-0.25, -0.2) is 12.7 Å². The molecule has 0 aliphatic carbocycles. The molecule has 9 heteroatoms. The maximum Gasteiger partial charge on any atom is 0.305 e. The van der Waals surface area contributed by atoms with E-state index < -0.39 is 10.0 Å². The van der Waals surface area contributed by atoms with Crippen molar-refractivity contribution >= 4 is 21.9 Å².